The number of benzene rings is 3. The predicted octanol–water partition coefficient (Wildman–Crippen LogP) is 7.35. The van der Waals surface area contributed by atoms with E-state index in [-0.39, 0.29) is 16.4 Å². The molecule has 0 saturated carbocycles. The molecule has 0 bridgehead atoms. The summed E-state index contributed by atoms with van der Waals surface area (Å²) in [6.45, 7) is 4.35. The van der Waals surface area contributed by atoms with Crippen molar-refractivity contribution in [3.8, 4) is 5.75 Å². The molecule has 2 amide bonds. The Labute approximate surface area is 323 Å². The third-order valence-electron chi connectivity index (χ3n) is 9.52. The molecule has 0 aromatic heterocycles. The maximum atomic E-state index is 14.5. The molecule has 4 rings (SSSR count). The van der Waals surface area contributed by atoms with Gasteiger partial charge in [0, 0.05) is 23.7 Å². The number of anilines is 2. The van der Waals surface area contributed by atoms with Gasteiger partial charge in [0.15, 0.2) is 16.4 Å². The number of fused-ring (bicyclic) bond motifs is 1. The lowest BCUT2D eigenvalue weighted by molar-refractivity contribution is -0.145. The van der Waals surface area contributed by atoms with E-state index in [9.17, 15) is 22.8 Å². The molecule has 1 aliphatic rings. The van der Waals surface area contributed by atoms with Gasteiger partial charge in [-0.1, -0.05) is 88.1 Å². The fourth-order valence-corrected chi connectivity index (χ4v) is 9.89. The summed E-state index contributed by atoms with van der Waals surface area (Å²) in [5, 5.41) is 5.50. The van der Waals surface area contributed by atoms with Gasteiger partial charge in [-0.2, -0.15) is 11.8 Å². The van der Waals surface area contributed by atoms with Gasteiger partial charge >= 0.3 is 5.97 Å². The van der Waals surface area contributed by atoms with Gasteiger partial charge in [0.25, 0.3) is 5.91 Å². The number of sulfone groups is 1. The standard InChI is InChI=1S/C40H53N3O7S3/c1-6-8-21-40(22-9-7-2)27-43(30-18-14-11-15-19-30)32-24-34(52-5)33(25-35(32)53(47,48)28-40)50-26-36(44)42-37(29-16-12-10-13-17-29)38(45)41-31(20-23-51-4)39(46)49-3/h10-19,24-25,31,37H,6-9,20-23,26-28H2,1-5H3,(H,41,45)(H,42,44)/t31-,37+/m0/s1. The van der Waals surface area contributed by atoms with Gasteiger partial charge in [0.1, 0.15) is 17.8 Å². The smallest absolute Gasteiger partial charge is 0.328 e. The Kier molecular flexibility index (Phi) is 16.0. The van der Waals surface area contributed by atoms with E-state index in [0.29, 0.717) is 34.9 Å². The molecule has 2 N–H and O–H groups in total. The van der Waals surface area contributed by atoms with Crippen molar-refractivity contribution in [2.75, 3.05) is 49.2 Å². The monoisotopic (exact) mass is 783 g/mol. The maximum Gasteiger partial charge on any atom is 0.328 e. The quantitative estimate of drug-likeness (QED) is 0.0941. The Bertz CT molecular complexity index is 1770. The number of methoxy groups -OCH3 is 1. The SMILES string of the molecule is CCCCC1(CCCC)CN(c2ccccc2)c2cc(SC)c(OCC(=O)N[C@@H](C(=O)N[C@@H](CCSC)C(=O)OC)c3ccccc3)cc2S(=O)(=O)C1. The number of carbonyl (C=O) groups is 3. The van der Waals surface area contributed by atoms with Gasteiger partial charge in [-0.15, -0.1) is 11.8 Å². The fraction of sp³-hybridized carbons (Fsp3) is 0.475. The van der Waals surface area contributed by atoms with Crippen molar-refractivity contribution in [2.24, 2.45) is 5.41 Å². The topological polar surface area (TPSA) is 131 Å². The molecule has 0 fully saturated rings. The van der Waals surface area contributed by atoms with Crippen molar-refractivity contribution in [1.82, 2.24) is 10.6 Å². The molecule has 1 aliphatic heterocycles. The van der Waals surface area contributed by atoms with Crippen molar-refractivity contribution >= 4 is 62.5 Å². The molecule has 0 unspecified atom stereocenters. The molecule has 13 heteroatoms. The number of carbonyl (C=O) groups excluding carboxylic acids is 3. The van der Waals surface area contributed by atoms with Crippen LogP contribution in [-0.4, -0.2) is 76.5 Å². The first kappa shape index (κ1) is 42.1. The number of esters is 1. The molecule has 288 valence electrons. The molecule has 53 heavy (non-hydrogen) atoms. The molecule has 0 radical (unpaired) electrons. The van der Waals surface area contributed by atoms with Crippen LogP contribution < -0.4 is 20.3 Å². The van der Waals surface area contributed by atoms with E-state index in [4.69, 9.17) is 9.47 Å². The summed E-state index contributed by atoms with van der Waals surface area (Å²) < 4.78 is 39.9. The zero-order chi connectivity index (χ0) is 38.4. The van der Waals surface area contributed by atoms with Crippen LogP contribution in [0.3, 0.4) is 0 Å². The van der Waals surface area contributed by atoms with E-state index in [1.54, 1.807) is 36.4 Å². The zero-order valence-corrected chi connectivity index (χ0v) is 33.8. The van der Waals surface area contributed by atoms with Crippen LogP contribution in [0.4, 0.5) is 11.4 Å². The highest BCUT2D eigenvalue weighted by atomic mass is 32.2. The number of para-hydroxylation sites is 1. The highest BCUT2D eigenvalue weighted by Gasteiger charge is 2.42. The lowest BCUT2D eigenvalue weighted by Crippen LogP contribution is -2.48. The molecular weight excluding hydrogens is 731 g/mol. The van der Waals surface area contributed by atoms with Crippen molar-refractivity contribution in [1.29, 1.82) is 0 Å². The lowest BCUT2D eigenvalue weighted by Gasteiger charge is -2.37. The van der Waals surface area contributed by atoms with Gasteiger partial charge in [0.05, 0.1) is 28.3 Å². The summed E-state index contributed by atoms with van der Waals surface area (Å²) in [7, 11) is -2.53. The van der Waals surface area contributed by atoms with Crippen LogP contribution in [-0.2, 0) is 29.0 Å². The van der Waals surface area contributed by atoms with Crippen LogP contribution >= 0.6 is 23.5 Å². The number of amides is 2. The Morgan fingerprint density at radius 1 is 0.925 bits per heavy atom. The molecule has 3 aromatic carbocycles. The number of rotatable bonds is 19. The highest BCUT2D eigenvalue weighted by molar-refractivity contribution is 7.98. The molecule has 1 heterocycles. The van der Waals surface area contributed by atoms with Crippen LogP contribution in [0.2, 0.25) is 0 Å². The minimum Gasteiger partial charge on any atom is -0.483 e. The summed E-state index contributed by atoms with van der Waals surface area (Å²) in [6.07, 6.45) is 9.54. The first-order valence-electron chi connectivity index (χ1n) is 18.1. The Morgan fingerprint density at radius 2 is 1.57 bits per heavy atom. The average molecular weight is 784 g/mol. The van der Waals surface area contributed by atoms with E-state index < -0.39 is 51.7 Å². The van der Waals surface area contributed by atoms with Crippen LogP contribution in [0.25, 0.3) is 0 Å². The summed E-state index contributed by atoms with van der Waals surface area (Å²) in [5.41, 5.74) is 1.57. The van der Waals surface area contributed by atoms with E-state index in [2.05, 4.69) is 29.4 Å². The van der Waals surface area contributed by atoms with Crippen molar-refractivity contribution in [2.45, 2.75) is 80.7 Å². The second-order valence-corrected chi connectivity index (χ2v) is 17.2. The van der Waals surface area contributed by atoms with E-state index in [1.165, 1.54) is 30.6 Å². The van der Waals surface area contributed by atoms with Gasteiger partial charge in [0.2, 0.25) is 5.91 Å². The van der Waals surface area contributed by atoms with E-state index in [0.717, 1.165) is 44.2 Å². The molecule has 3 aromatic rings. The van der Waals surface area contributed by atoms with Crippen LogP contribution in [0.15, 0.2) is 82.6 Å². The number of nitrogens with one attached hydrogen (secondary N) is 2. The molecule has 10 nitrogen and oxygen atoms in total. The van der Waals surface area contributed by atoms with Gasteiger partial charge in [-0.25, -0.2) is 13.2 Å². The third kappa shape index (κ3) is 11.2. The van der Waals surface area contributed by atoms with Crippen LogP contribution in [0.5, 0.6) is 5.75 Å². The number of unbranched alkanes of at least 4 members (excludes halogenated alkanes) is 2. The van der Waals surface area contributed by atoms with Crippen LogP contribution in [0.1, 0.15) is 70.4 Å². The van der Waals surface area contributed by atoms with Gasteiger partial charge in [-0.3, -0.25) is 9.59 Å². The first-order valence-corrected chi connectivity index (χ1v) is 22.4. The minimum atomic E-state index is -3.79. The number of thioether (sulfide) groups is 2. The minimum absolute atomic E-state index is 0.0201. The molecular formula is C40H53N3O7S3. The summed E-state index contributed by atoms with van der Waals surface area (Å²) >= 11 is 2.93. The first-order chi connectivity index (χ1) is 25.5. The zero-order valence-electron chi connectivity index (χ0n) is 31.4. The summed E-state index contributed by atoms with van der Waals surface area (Å²) in [6, 6.07) is 20.0. The summed E-state index contributed by atoms with van der Waals surface area (Å²) in [5.74, 6) is -0.839. The molecule has 0 saturated heterocycles. The van der Waals surface area contributed by atoms with Gasteiger partial charge < -0.3 is 25.0 Å². The fourth-order valence-electron chi connectivity index (χ4n) is 6.75. The Balaban J connectivity index is 1.66. The van der Waals surface area contributed by atoms with E-state index in [1.807, 2.05) is 48.9 Å². The highest BCUT2D eigenvalue weighted by Crippen LogP contribution is 2.47. The number of nitrogens with zero attached hydrogens (tertiary/aromatic N) is 1. The Hall–Kier alpha value is -3.68. The second kappa shape index (κ2) is 20.1. The number of hydrogen-bond donors (Lipinski definition) is 2. The van der Waals surface area contributed by atoms with Crippen molar-refractivity contribution in [3.63, 3.8) is 0 Å². The third-order valence-corrected chi connectivity index (χ3v) is 12.9. The maximum absolute atomic E-state index is 14.5. The normalized spacial score (nSPS) is 15.7. The molecule has 2 atom stereocenters. The van der Waals surface area contributed by atoms with Crippen LogP contribution in [0, 0.1) is 5.41 Å². The molecule has 0 aliphatic carbocycles. The number of hydrogen-bond acceptors (Lipinski definition) is 10. The average Bonchev–Trinajstić information content (AvgIpc) is 3.27. The predicted molar refractivity (Wildman–Crippen MR) is 215 cm³/mol. The largest absolute Gasteiger partial charge is 0.483 e. The lowest BCUT2D eigenvalue weighted by atomic mass is 9.79. The molecule has 0 spiro atoms. The van der Waals surface area contributed by atoms with E-state index >= 15 is 0 Å². The van der Waals surface area contributed by atoms with Gasteiger partial charge in [-0.05, 0) is 61.3 Å². The van der Waals surface area contributed by atoms with Crippen molar-refractivity contribution in [3.05, 3.63) is 78.4 Å². The summed E-state index contributed by atoms with van der Waals surface area (Å²) in [4.78, 5) is 42.5. The Morgan fingerprint density at radius 3 is 2.15 bits per heavy atom. The van der Waals surface area contributed by atoms with Crippen molar-refractivity contribution < 1.29 is 32.3 Å². The number of ether oxygens (including phenoxy) is 2. The second-order valence-electron chi connectivity index (χ2n) is 13.4.